The average molecular weight is 271 g/mol. The van der Waals surface area contributed by atoms with Crippen LogP contribution in [-0.4, -0.2) is 24.2 Å². The van der Waals surface area contributed by atoms with Crippen molar-refractivity contribution in [1.82, 2.24) is 4.98 Å². The van der Waals surface area contributed by atoms with Crippen LogP contribution in [-0.2, 0) is 9.59 Å². The minimum absolute atomic E-state index is 0.0467. The molecule has 2 aromatic rings. The van der Waals surface area contributed by atoms with Crippen molar-refractivity contribution in [2.24, 2.45) is 0 Å². The van der Waals surface area contributed by atoms with Crippen molar-refractivity contribution in [3.8, 4) is 0 Å². The molecule has 1 radical (unpaired) electrons. The van der Waals surface area contributed by atoms with E-state index < -0.39 is 5.91 Å². The van der Waals surface area contributed by atoms with E-state index in [1.54, 1.807) is 37.7 Å². The van der Waals surface area contributed by atoms with Crippen LogP contribution < -0.4 is 4.90 Å². The number of anilines is 1. The summed E-state index contributed by atoms with van der Waals surface area (Å²) in [6.07, 6.45) is 4.71. The summed E-state index contributed by atoms with van der Waals surface area (Å²) in [5.74, 6) is -0.400. The summed E-state index contributed by atoms with van der Waals surface area (Å²) in [5.41, 5.74) is 0.503. The van der Waals surface area contributed by atoms with Crippen LogP contribution in [0.3, 0.4) is 0 Å². The molecule has 0 saturated heterocycles. The van der Waals surface area contributed by atoms with Crippen LogP contribution in [0, 0.1) is 0 Å². The van der Waals surface area contributed by atoms with E-state index in [1.165, 1.54) is 22.3 Å². The SMILES string of the molecule is CN(C(=O)C([C]=O)=Cc1ccccn1)c1cccs1. The van der Waals surface area contributed by atoms with Gasteiger partial charge >= 0.3 is 0 Å². The first kappa shape index (κ1) is 13.2. The molecular weight excluding hydrogens is 260 g/mol. The molecule has 0 atom stereocenters. The van der Waals surface area contributed by atoms with Crippen LogP contribution in [0.15, 0.2) is 47.5 Å². The molecule has 2 heterocycles. The van der Waals surface area contributed by atoms with E-state index in [2.05, 4.69) is 4.98 Å². The molecule has 95 valence electrons. The minimum Gasteiger partial charge on any atom is -0.303 e. The van der Waals surface area contributed by atoms with Crippen molar-refractivity contribution in [2.75, 3.05) is 11.9 Å². The third-order valence-electron chi connectivity index (χ3n) is 2.46. The number of amides is 1. The number of carbonyl (C=O) groups is 1. The summed E-state index contributed by atoms with van der Waals surface area (Å²) in [6, 6.07) is 8.92. The molecule has 0 unspecified atom stereocenters. The topological polar surface area (TPSA) is 50.3 Å². The van der Waals surface area contributed by atoms with Crippen LogP contribution in [0.4, 0.5) is 5.00 Å². The van der Waals surface area contributed by atoms with Gasteiger partial charge in [0.05, 0.1) is 16.3 Å². The third kappa shape index (κ3) is 3.14. The molecule has 0 bridgehead atoms. The second kappa shape index (κ2) is 6.06. The fourth-order valence-electron chi connectivity index (χ4n) is 1.49. The summed E-state index contributed by atoms with van der Waals surface area (Å²) in [5, 5.41) is 2.64. The van der Waals surface area contributed by atoms with Crippen molar-refractivity contribution in [2.45, 2.75) is 0 Å². The number of hydrogen-bond donors (Lipinski definition) is 0. The zero-order chi connectivity index (χ0) is 13.7. The standard InChI is InChI=1S/C14H11N2O2S/c1-16(13-6-4-8-19-13)14(18)11(10-17)9-12-5-2-3-7-15-12/h2-9H,1H3. The van der Waals surface area contributed by atoms with Gasteiger partial charge in [0.1, 0.15) is 0 Å². The third-order valence-corrected chi connectivity index (χ3v) is 3.41. The van der Waals surface area contributed by atoms with Crippen LogP contribution in [0.2, 0.25) is 0 Å². The Bertz CT molecular complexity index is 591. The van der Waals surface area contributed by atoms with Crippen molar-refractivity contribution < 1.29 is 9.59 Å². The largest absolute Gasteiger partial charge is 0.303 e. The molecule has 19 heavy (non-hydrogen) atoms. The lowest BCUT2D eigenvalue weighted by atomic mass is 10.2. The molecule has 0 spiro atoms. The van der Waals surface area contributed by atoms with E-state index >= 15 is 0 Å². The lowest BCUT2D eigenvalue weighted by molar-refractivity contribution is -0.114. The van der Waals surface area contributed by atoms with Crippen molar-refractivity contribution >= 4 is 34.6 Å². The molecule has 2 aromatic heterocycles. The number of thiophene rings is 1. The van der Waals surface area contributed by atoms with Gasteiger partial charge in [-0.3, -0.25) is 14.6 Å². The molecule has 0 saturated carbocycles. The second-order valence-electron chi connectivity index (χ2n) is 3.73. The Kier molecular flexibility index (Phi) is 4.20. The van der Waals surface area contributed by atoms with Gasteiger partial charge in [-0.05, 0) is 35.7 Å². The average Bonchev–Trinajstić information content (AvgIpc) is 2.98. The zero-order valence-electron chi connectivity index (χ0n) is 10.2. The number of rotatable bonds is 4. The number of nitrogens with zero attached hydrogens (tertiary/aromatic N) is 2. The van der Waals surface area contributed by atoms with Gasteiger partial charge in [0.2, 0.25) is 6.29 Å². The number of pyridine rings is 1. The molecule has 0 fully saturated rings. The van der Waals surface area contributed by atoms with E-state index in [-0.39, 0.29) is 5.57 Å². The monoisotopic (exact) mass is 271 g/mol. The first-order valence-electron chi connectivity index (χ1n) is 5.55. The highest BCUT2D eigenvalue weighted by molar-refractivity contribution is 7.14. The summed E-state index contributed by atoms with van der Waals surface area (Å²) in [7, 11) is 1.62. The molecule has 1 amide bonds. The Balaban J connectivity index is 2.25. The summed E-state index contributed by atoms with van der Waals surface area (Å²) < 4.78 is 0. The minimum atomic E-state index is -0.400. The van der Waals surface area contributed by atoms with E-state index in [9.17, 15) is 9.59 Å². The van der Waals surface area contributed by atoms with Crippen molar-refractivity contribution in [3.63, 3.8) is 0 Å². The number of likely N-dealkylation sites (N-methyl/N-ethyl adjacent to an activating group) is 1. The molecule has 2 rings (SSSR count). The van der Waals surface area contributed by atoms with Gasteiger partial charge in [-0.15, -0.1) is 11.3 Å². The maximum Gasteiger partial charge on any atom is 0.262 e. The Labute approximate surface area is 115 Å². The van der Waals surface area contributed by atoms with E-state index in [4.69, 9.17) is 0 Å². The van der Waals surface area contributed by atoms with Crippen molar-refractivity contribution in [3.05, 3.63) is 53.2 Å². The quantitative estimate of drug-likeness (QED) is 0.487. The molecule has 0 aliphatic carbocycles. The van der Waals surface area contributed by atoms with E-state index in [0.717, 1.165) is 5.00 Å². The predicted octanol–water partition coefficient (Wildman–Crippen LogP) is 2.30. The smallest absolute Gasteiger partial charge is 0.262 e. The van der Waals surface area contributed by atoms with Crippen LogP contribution >= 0.6 is 11.3 Å². The second-order valence-corrected chi connectivity index (χ2v) is 4.66. The van der Waals surface area contributed by atoms with Gasteiger partial charge in [0.25, 0.3) is 5.91 Å². The fourth-order valence-corrected chi connectivity index (χ4v) is 2.18. The number of carbonyl (C=O) groups excluding carboxylic acids is 2. The van der Waals surface area contributed by atoms with Gasteiger partial charge in [-0.25, -0.2) is 0 Å². The zero-order valence-corrected chi connectivity index (χ0v) is 11.1. The highest BCUT2D eigenvalue weighted by Gasteiger charge is 2.17. The van der Waals surface area contributed by atoms with Crippen LogP contribution in [0.5, 0.6) is 0 Å². The van der Waals surface area contributed by atoms with Gasteiger partial charge in [0, 0.05) is 13.2 Å². The van der Waals surface area contributed by atoms with E-state index in [0.29, 0.717) is 5.69 Å². The van der Waals surface area contributed by atoms with Gasteiger partial charge in [-0.1, -0.05) is 6.07 Å². The first-order valence-corrected chi connectivity index (χ1v) is 6.43. The highest BCUT2D eigenvalue weighted by atomic mass is 32.1. The molecule has 0 aliphatic heterocycles. The Morgan fingerprint density at radius 2 is 2.21 bits per heavy atom. The van der Waals surface area contributed by atoms with Gasteiger partial charge in [-0.2, -0.15) is 0 Å². The Morgan fingerprint density at radius 3 is 2.79 bits per heavy atom. The van der Waals surface area contributed by atoms with E-state index in [1.807, 2.05) is 17.5 Å². The number of hydrogen-bond acceptors (Lipinski definition) is 4. The Morgan fingerprint density at radius 1 is 1.37 bits per heavy atom. The maximum absolute atomic E-state index is 12.2. The summed E-state index contributed by atoms with van der Waals surface area (Å²) >= 11 is 1.43. The molecule has 4 nitrogen and oxygen atoms in total. The fraction of sp³-hybridized carbons (Fsp3) is 0.0714. The molecule has 5 heteroatoms. The first-order chi connectivity index (χ1) is 9.22. The number of aromatic nitrogens is 1. The molecular formula is C14H11N2O2S. The molecule has 0 aromatic carbocycles. The molecule has 0 N–H and O–H groups in total. The summed E-state index contributed by atoms with van der Waals surface area (Å²) in [6.45, 7) is 0. The summed E-state index contributed by atoms with van der Waals surface area (Å²) in [4.78, 5) is 28.6. The Hall–Kier alpha value is -2.27. The van der Waals surface area contributed by atoms with Crippen LogP contribution in [0.1, 0.15) is 5.69 Å². The maximum atomic E-state index is 12.2. The van der Waals surface area contributed by atoms with Crippen LogP contribution in [0.25, 0.3) is 6.08 Å². The van der Waals surface area contributed by atoms with Gasteiger partial charge in [0.15, 0.2) is 0 Å². The van der Waals surface area contributed by atoms with Crippen molar-refractivity contribution in [1.29, 1.82) is 0 Å². The van der Waals surface area contributed by atoms with Gasteiger partial charge < -0.3 is 4.90 Å². The lowest BCUT2D eigenvalue weighted by Crippen LogP contribution is -2.27. The lowest BCUT2D eigenvalue weighted by Gasteiger charge is -2.14. The highest BCUT2D eigenvalue weighted by Crippen LogP contribution is 2.21. The molecule has 0 aliphatic rings. The predicted molar refractivity (Wildman–Crippen MR) is 75.6 cm³/mol. The normalized spacial score (nSPS) is 11.1.